The molecule has 0 aliphatic rings. The van der Waals surface area contributed by atoms with Crippen LogP contribution in [0.3, 0.4) is 0 Å². The molecule has 0 aliphatic carbocycles. The van der Waals surface area contributed by atoms with Crippen molar-refractivity contribution in [2.75, 3.05) is 12.4 Å². The summed E-state index contributed by atoms with van der Waals surface area (Å²) in [6.45, 7) is 1.86. The first-order chi connectivity index (χ1) is 12.5. The third-order valence-corrected chi connectivity index (χ3v) is 4.51. The Balaban J connectivity index is 1.82. The molecule has 2 heterocycles. The molecular formula is C18H16N4O3S. The number of primary amides is 1. The summed E-state index contributed by atoms with van der Waals surface area (Å²) in [5.41, 5.74) is 7.90. The summed E-state index contributed by atoms with van der Waals surface area (Å²) in [4.78, 5) is 32.5. The van der Waals surface area contributed by atoms with Crippen molar-refractivity contribution >= 4 is 28.8 Å². The van der Waals surface area contributed by atoms with Crippen molar-refractivity contribution in [2.24, 2.45) is 5.73 Å². The standard InChI is InChI=1S/C18H16N4O3S/c1-10-3-5-12(16(19)23)13(7-10)21-17(24)14-9-26-18(22-14)11-4-6-15(25-2)20-8-11/h3-9H,1-2H3,(H2,19,23)(H,21,24). The van der Waals surface area contributed by atoms with Crippen LogP contribution in [0.5, 0.6) is 5.88 Å². The van der Waals surface area contributed by atoms with Crippen LogP contribution in [0, 0.1) is 6.92 Å². The van der Waals surface area contributed by atoms with Crippen LogP contribution in [0.15, 0.2) is 41.9 Å². The van der Waals surface area contributed by atoms with Crippen molar-refractivity contribution in [3.05, 3.63) is 58.7 Å². The number of hydrogen-bond donors (Lipinski definition) is 2. The van der Waals surface area contributed by atoms with Crippen molar-refractivity contribution in [1.82, 2.24) is 9.97 Å². The Labute approximate surface area is 153 Å². The molecule has 1 aromatic carbocycles. The highest BCUT2D eigenvalue weighted by Gasteiger charge is 2.16. The second-order valence-corrected chi connectivity index (χ2v) is 6.35. The maximum Gasteiger partial charge on any atom is 0.275 e. The lowest BCUT2D eigenvalue weighted by Crippen LogP contribution is -2.18. The molecule has 2 aromatic heterocycles. The number of ether oxygens (including phenoxy) is 1. The first-order valence-corrected chi connectivity index (χ1v) is 8.53. The second-order valence-electron chi connectivity index (χ2n) is 5.49. The summed E-state index contributed by atoms with van der Waals surface area (Å²) in [6, 6.07) is 8.58. The quantitative estimate of drug-likeness (QED) is 0.720. The molecule has 3 N–H and O–H groups in total. The van der Waals surface area contributed by atoms with Crippen LogP contribution in [0.2, 0.25) is 0 Å². The number of aromatic nitrogens is 2. The lowest BCUT2D eigenvalue weighted by atomic mass is 10.1. The van der Waals surface area contributed by atoms with Crippen molar-refractivity contribution in [2.45, 2.75) is 6.92 Å². The molecule has 0 saturated heterocycles. The number of pyridine rings is 1. The van der Waals surface area contributed by atoms with Gasteiger partial charge < -0.3 is 15.8 Å². The molecule has 0 saturated carbocycles. The highest BCUT2D eigenvalue weighted by atomic mass is 32.1. The van der Waals surface area contributed by atoms with Crippen LogP contribution in [-0.4, -0.2) is 28.9 Å². The normalized spacial score (nSPS) is 10.4. The highest BCUT2D eigenvalue weighted by molar-refractivity contribution is 7.13. The number of benzene rings is 1. The Kier molecular flexibility index (Phi) is 4.94. The van der Waals surface area contributed by atoms with E-state index in [-0.39, 0.29) is 11.3 Å². The number of nitrogens with zero attached hydrogens (tertiary/aromatic N) is 2. The van der Waals surface area contributed by atoms with E-state index < -0.39 is 11.8 Å². The van der Waals surface area contributed by atoms with E-state index in [0.29, 0.717) is 16.6 Å². The van der Waals surface area contributed by atoms with Gasteiger partial charge in [0.2, 0.25) is 5.88 Å². The van der Waals surface area contributed by atoms with Gasteiger partial charge in [0, 0.05) is 23.2 Å². The predicted octanol–water partition coefficient (Wildman–Crippen LogP) is 2.87. The van der Waals surface area contributed by atoms with Gasteiger partial charge >= 0.3 is 0 Å². The third kappa shape index (κ3) is 3.70. The predicted molar refractivity (Wildman–Crippen MR) is 99.5 cm³/mol. The number of amides is 2. The topological polar surface area (TPSA) is 107 Å². The number of anilines is 1. The molecule has 0 unspecified atom stereocenters. The van der Waals surface area contributed by atoms with Crippen molar-refractivity contribution in [3.8, 4) is 16.5 Å². The molecule has 8 heteroatoms. The minimum absolute atomic E-state index is 0.248. The third-order valence-electron chi connectivity index (χ3n) is 3.62. The molecule has 0 atom stereocenters. The smallest absolute Gasteiger partial charge is 0.275 e. The highest BCUT2D eigenvalue weighted by Crippen LogP contribution is 2.25. The van der Waals surface area contributed by atoms with Gasteiger partial charge in [-0.2, -0.15) is 0 Å². The summed E-state index contributed by atoms with van der Waals surface area (Å²) < 4.78 is 5.03. The molecule has 26 heavy (non-hydrogen) atoms. The second kappa shape index (κ2) is 7.32. The number of aryl methyl sites for hydroxylation is 1. The van der Waals surface area contributed by atoms with Gasteiger partial charge in [-0.1, -0.05) is 6.07 Å². The number of thiazole rings is 1. The van der Waals surface area contributed by atoms with E-state index in [9.17, 15) is 9.59 Å². The van der Waals surface area contributed by atoms with E-state index in [1.165, 1.54) is 11.3 Å². The molecule has 0 spiro atoms. The van der Waals surface area contributed by atoms with Crippen LogP contribution in [0.1, 0.15) is 26.4 Å². The number of carbonyl (C=O) groups is 2. The van der Waals surface area contributed by atoms with Gasteiger partial charge in [0.25, 0.3) is 11.8 Å². The number of carbonyl (C=O) groups excluding carboxylic acids is 2. The maximum absolute atomic E-state index is 12.5. The summed E-state index contributed by atoms with van der Waals surface area (Å²) >= 11 is 1.32. The van der Waals surface area contributed by atoms with Crippen molar-refractivity contribution in [3.63, 3.8) is 0 Å². The molecule has 3 aromatic rings. The van der Waals surface area contributed by atoms with E-state index in [1.54, 1.807) is 43.0 Å². The Morgan fingerprint density at radius 1 is 1.23 bits per heavy atom. The van der Waals surface area contributed by atoms with Gasteiger partial charge in [-0.3, -0.25) is 9.59 Å². The lowest BCUT2D eigenvalue weighted by molar-refractivity contribution is 0.100. The van der Waals surface area contributed by atoms with Gasteiger partial charge in [0.1, 0.15) is 10.7 Å². The SMILES string of the molecule is COc1ccc(-c2nc(C(=O)Nc3cc(C)ccc3C(N)=O)cs2)cn1. The van der Waals surface area contributed by atoms with E-state index in [0.717, 1.165) is 11.1 Å². The van der Waals surface area contributed by atoms with Crippen LogP contribution in [0.4, 0.5) is 5.69 Å². The molecular weight excluding hydrogens is 352 g/mol. The minimum Gasteiger partial charge on any atom is -0.481 e. The zero-order valence-corrected chi connectivity index (χ0v) is 15.0. The van der Waals surface area contributed by atoms with Crippen LogP contribution < -0.4 is 15.8 Å². The van der Waals surface area contributed by atoms with Crippen LogP contribution in [-0.2, 0) is 0 Å². The van der Waals surface area contributed by atoms with E-state index in [2.05, 4.69) is 15.3 Å². The molecule has 0 bridgehead atoms. The fourth-order valence-corrected chi connectivity index (χ4v) is 3.09. The van der Waals surface area contributed by atoms with Crippen LogP contribution >= 0.6 is 11.3 Å². The van der Waals surface area contributed by atoms with Gasteiger partial charge in [-0.15, -0.1) is 11.3 Å². The Bertz CT molecular complexity index is 967. The van der Waals surface area contributed by atoms with Crippen molar-refractivity contribution < 1.29 is 14.3 Å². The van der Waals surface area contributed by atoms with Gasteiger partial charge in [-0.25, -0.2) is 9.97 Å². The van der Waals surface area contributed by atoms with Crippen molar-refractivity contribution in [1.29, 1.82) is 0 Å². The molecule has 3 rings (SSSR count). The molecule has 0 fully saturated rings. The largest absolute Gasteiger partial charge is 0.481 e. The number of nitrogens with one attached hydrogen (secondary N) is 1. The Morgan fingerprint density at radius 2 is 2.04 bits per heavy atom. The van der Waals surface area contributed by atoms with Crippen LogP contribution in [0.25, 0.3) is 10.6 Å². The fraction of sp³-hybridized carbons (Fsp3) is 0.111. The van der Waals surface area contributed by atoms with Gasteiger partial charge in [0.15, 0.2) is 0 Å². The number of methoxy groups -OCH3 is 1. The average molecular weight is 368 g/mol. The summed E-state index contributed by atoms with van der Waals surface area (Å²) in [5.74, 6) is -0.521. The Hall–Kier alpha value is -3.26. The minimum atomic E-state index is -0.608. The molecule has 0 aliphatic heterocycles. The fourth-order valence-electron chi connectivity index (χ4n) is 2.30. The molecule has 2 amide bonds. The summed E-state index contributed by atoms with van der Waals surface area (Å²) in [5, 5.41) is 5.01. The molecule has 0 radical (unpaired) electrons. The monoisotopic (exact) mass is 368 g/mol. The number of nitrogens with two attached hydrogens (primary N) is 1. The number of hydrogen-bond acceptors (Lipinski definition) is 6. The van der Waals surface area contributed by atoms with E-state index >= 15 is 0 Å². The maximum atomic E-state index is 12.5. The average Bonchev–Trinajstić information content (AvgIpc) is 3.12. The summed E-state index contributed by atoms with van der Waals surface area (Å²) in [7, 11) is 1.54. The zero-order valence-electron chi connectivity index (χ0n) is 14.1. The lowest BCUT2D eigenvalue weighted by Gasteiger charge is -2.09. The first kappa shape index (κ1) is 17.6. The molecule has 7 nitrogen and oxygen atoms in total. The first-order valence-electron chi connectivity index (χ1n) is 7.65. The molecule has 132 valence electrons. The zero-order chi connectivity index (χ0) is 18.7. The van der Waals surface area contributed by atoms with Gasteiger partial charge in [-0.05, 0) is 30.7 Å². The number of rotatable bonds is 5. The van der Waals surface area contributed by atoms with E-state index in [4.69, 9.17) is 10.5 Å². The summed E-state index contributed by atoms with van der Waals surface area (Å²) in [6.07, 6.45) is 1.63. The Morgan fingerprint density at radius 3 is 2.69 bits per heavy atom. The van der Waals surface area contributed by atoms with Gasteiger partial charge in [0.05, 0.1) is 18.4 Å². The van der Waals surface area contributed by atoms with E-state index in [1.807, 2.05) is 13.0 Å².